The van der Waals surface area contributed by atoms with Crippen LogP contribution in [0.3, 0.4) is 0 Å². The summed E-state index contributed by atoms with van der Waals surface area (Å²) in [4.78, 5) is 2.50. The van der Waals surface area contributed by atoms with Gasteiger partial charge in [0.05, 0.1) is 23.6 Å². The zero-order valence-corrected chi connectivity index (χ0v) is 12.3. The minimum Gasteiger partial charge on any atom is -0.471 e. The molecule has 4 heterocycles. The quantitative estimate of drug-likeness (QED) is 0.811. The van der Waals surface area contributed by atoms with Crippen molar-refractivity contribution in [1.82, 2.24) is 13.6 Å². The molecule has 0 saturated carbocycles. The van der Waals surface area contributed by atoms with E-state index < -0.39 is 0 Å². The minimum absolute atomic E-state index is 0.324. The summed E-state index contributed by atoms with van der Waals surface area (Å²) in [5, 5.41) is 0. The third-order valence-electron chi connectivity index (χ3n) is 4.20. The van der Waals surface area contributed by atoms with Gasteiger partial charge in [-0.1, -0.05) is 11.8 Å². The first-order valence-electron chi connectivity index (χ1n) is 7.09. The minimum atomic E-state index is 0.324. The highest BCUT2D eigenvalue weighted by Crippen LogP contribution is 2.41. The molecular weight excluding hydrogens is 286 g/mol. The molecule has 2 aromatic rings. The highest BCUT2D eigenvalue weighted by Gasteiger charge is 2.41. The molecule has 2 aliphatic heterocycles. The fourth-order valence-corrected chi connectivity index (χ4v) is 3.75. The Hall–Kier alpha value is -1.84. The predicted molar refractivity (Wildman–Crippen MR) is 78.3 cm³/mol. The number of aromatic nitrogens is 2. The lowest BCUT2D eigenvalue weighted by Crippen LogP contribution is -2.22. The average Bonchev–Trinajstić information content (AvgIpc) is 3.26. The van der Waals surface area contributed by atoms with Gasteiger partial charge in [0, 0.05) is 19.0 Å². The van der Waals surface area contributed by atoms with E-state index in [-0.39, 0.29) is 0 Å². The second kappa shape index (κ2) is 5.51. The largest absolute Gasteiger partial charge is 0.471 e. The Bertz CT molecular complexity index is 671. The van der Waals surface area contributed by atoms with Crippen molar-refractivity contribution in [3.05, 3.63) is 29.9 Å². The molecule has 6 heteroatoms. The number of ether oxygens (including phenoxy) is 1. The zero-order chi connectivity index (χ0) is 14.1. The molecular formula is C15H15N3O2S. The average molecular weight is 301 g/mol. The van der Waals surface area contributed by atoms with Crippen molar-refractivity contribution < 1.29 is 9.15 Å². The van der Waals surface area contributed by atoms with E-state index in [0.717, 1.165) is 17.8 Å². The van der Waals surface area contributed by atoms with E-state index in [2.05, 4.69) is 25.5 Å². The highest BCUT2D eigenvalue weighted by molar-refractivity contribution is 6.99. The normalized spacial score (nSPS) is 26.6. The molecule has 0 radical (unpaired) electrons. The predicted octanol–water partition coefficient (Wildman–Crippen LogP) is 1.98. The second-order valence-corrected chi connectivity index (χ2v) is 6.00. The van der Waals surface area contributed by atoms with Crippen LogP contribution in [0, 0.1) is 17.8 Å². The Kier molecular flexibility index (Phi) is 3.37. The van der Waals surface area contributed by atoms with E-state index in [1.54, 1.807) is 12.5 Å². The summed E-state index contributed by atoms with van der Waals surface area (Å²) >= 11 is 1.23. The highest BCUT2D eigenvalue weighted by atomic mass is 32.1. The summed E-state index contributed by atoms with van der Waals surface area (Å²) in [5.41, 5.74) is 1.88. The molecule has 2 aromatic heterocycles. The molecule has 3 unspecified atom stereocenters. The van der Waals surface area contributed by atoms with Crippen molar-refractivity contribution in [2.75, 3.05) is 26.2 Å². The van der Waals surface area contributed by atoms with E-state index >= 15 is 0 Å². The van der Waals surface area contributed by atoms with Gasteiger partial charge in [-0.3, -0.25) is 0 Å². The number of nitrogens with zero attached hydrogens (tertiary/aromatic N) is 3. The van der Waals surface area contributed by atoms with Crippen LogP contribution in [-0.4, -0.2) is 39.9 Å². The van der Waals surface area contributed by atoms with Crippen molar-refractivity contribution in [3.63, 3.8) is 0 Å². The smallest absolute Gasteiger partial charge is 0.250 e. The van der Waals surface area contributed by atoms with Crippen molar-refractivity contribution in [1.29, 1.82) is 0 Å². The zero-order valence-electron chi connectivity index (χ0n) is 11.5. The Morgan fingerprint density at radius 1 is 1.43 bits per heavy atom. The van der Waals surface area contributed by atoms with Crippen LogP contribution in [0.2, 0.25) is 0 Å². The van der Waals surface area contributed by atoms with Crippen LogP contribution < -0.4 is 4.74 Å². The molecule has 0 N–H and O–H groups in total. The van der Waals surface area contributed by atoms with Gasteiger partial charge in [-0.25, -0.2) is 0 Å². The maximum Gasteiger partial charge on any atom is 0.250 e. The van der Waals surface area contributed by atoms with E-state index in [1.165, 1.54) is 31.2 Å². The number of hydrogen-bond donors (Lipinski definition) is 0. The van der Waals surface area contributed by atoms with Crippen LogP contribution in [0.1, 0.15) is 23.6 Å². The van der Waals surface area contributed by atoms with Gasteiger partial charge in [-0.05, 0) is 24.9 Å². The Morgan fingerprint density at radius 2 is 2.43 bits per heavy atom. The van der Waals surface area contributed by atoms with Crippen LogP contribution >= 0.6 is 11.7 Å². The lowest BCUT2D eigenvalue weighted by atomic mass is 9.90. The molecule has 5 nitrogen and oxygen atoms in total. The standard InChI is InChI=1S/C15H15N3O2S/c1(2-11-4-7-19-10-11)6-20-15-14(16-21-17-15)13-9-18-5-3-12(13)8-18/h4,7,10,12-13H,3,5-6,8-9H2. The Morgan fingerprint density at radius 3 is 3.19 bits per heavy atom. The molecule has 0 amide bonds. The van der Waals surface area contributed by atoms with E-state index in [9.17, 15) is 0 Å². The summed E-state index contributed by atoms with van der Waals surface area (Å²) in [6, 6.07) is 1.83. The summed E-state index contributed by atoms with van der Waals surface area (Å²) in [6.45, 7) is 3.84. The molecule has 2 saturated heterocycles. The first kappa shape index (κ1) is 12.9. The number of hydrogen-bond acceptors (Lipinski definition) is 6. The van der Waals surface area contributed by atoms with Crippen LogP contribution in [0.15, 0.2) is 23.0 Å². The molecule has 0 aromatic carbocycles. The van der Waals surface area contributed by atoms with E-state index in [4.69, 9.17) is 9.15 Å². The van der Waals surface area contributed by atoms with E-state index in [1.807, 2.05) is 6.07 Å². The number of rotatable bonds is 3. The lowest BCUT2D eigenvalue weighted by molar-refractivity contribution is 0.323. The molecule has 0 aliphatic carbocycles. The lowest BCUT2D eigenvalue weighted by Gasteiger charge is -2.20. The summed E-state index contributed by atoms with van der Waals surface area (Å²) in [7, 11) is 0. The molecule has 2 bridgehead atoms. The van der Waals surface area contributed by atoms with Crippen LogP contribution in [0.25, 0.3) is 0 Å². The summed E-state index contributed by atoms with van der Waals surface area (Å²) in [6.07, 6.45) is 4.49. The van der Waals surface area contributed by atoms with Crippen molar-refractivity contribution >= 4 is 11.7 Å². The van der Waals surface area contributed by atoms with Gasteiger partial charge in [-0.2, -0.15) is 4.37 Å². The Balaban J connectivity index is 1.41. The van der Waals surface area contributed by atoms with Crippen LogP contribution in [-0.2, 0) is 0 Å². The first-order valence-corrected chi connectivity index (χ1v) is 7.82. The topological polar surface area (TPSA) is 51.4 Å². The maximum absolute atomic E-state index is 5.71. The number of furan rings is 1. The van der Waals surface area contributed by atoms with Gasteiger partial charge < -0.3 is 14.1 Å². The molecule has 4 rings (SSSR count). The summed E-state index contributed by atoms with van der Waals surface area (Å²) in [5.74, 6) is 7.82. The van der Waals surface area contributed by atoms with Gasteiger partial charge in [0.15, 0.2) is 6.61 Å². The maximum atomic E-state index is 5.71. The van der Waals surface area contributed by atoms with Gasteiger partial charge in [0.25, 0.3) is 0 Å². The van der Waals surface area contributed by atoms with Crippen molar-refractivity contribution in [2.45, 2.75) is 12.3 Å². The summed E-state index contributed by atoms with van der Waals surface area (Å²) < 4.78 is 19.4. The second-order valence-electron chi connectivity index (χ2n) is 5.47. The SMILES string of the molecule is C(#Cc1ccoc1)COc1nsnc1C1CN2CCC1C2. The fourth-order valence-electron chi connectivity index (χ4n) is 3.19. The first-order chi connectivity index (χ1) is 10.4. The monoisotopic (exact) mass is 301 g/mol. The molecule has 21 heavy (non-hydrogen) atoms. The fraction of sp³-hybridized carbons (Fsp3) is 0.467. The third kappa shape index (κ3) is 2.55. The molecule has 3 atom stereocenters. The van der Waals surface area contributed by atoms with Crippen LogP contribution in [0.5, 0.6) is 5.88 Å². The molecule has 0 spiro atoms. The Labute approximate surface area is 127 Å². The van der Waals surface area contributed by atoms with Crippen LogP contribution in [0.4, 0.5) is 0 Å². The van der Waals surface area contributed by atoms with Crippen molar-refractivity contribution in [2.24, 2.45) is 5.92 Å². The third-order valence-corrected chi connectivity index (χ3v) is 4.73. The van der Waals surface area contributed by atoms with Gasteiger partial charge in [0.1, 0.15) is 12.0 Å². The number of piperidine rings is 1. The molecule has 2 aliphatic rings. The van der Waals surface area contributed by atoms with E-state index in [0.29, 0.717) is 24.3 Å². The molecule has 2 fully saturated rings. The molecule has 108 valence electrons. The number of fused-ring (bicyclic) bond motifs is 2. The van der Waals surface area contributed by atoms with Gasteiger partial charge in [0.2, 0.25) is 5.88 Å². The van der Waals surface area contributed by atoms with Gasteiger partial charge >= 0.3 is 0 Å². The van der Waals surface area contributed by atoms with Gasteiger partial charge in [-0.15, -0.1) is 4.37 Å². The van der Waals surface area contributed by atoms with Crippen molar-refractivity contribution in [3.8, 4) is 17.7 Å².